The Balaban J connectivity index is 1.92. The van der Waals surface area contributed by atoms with Crippen LogP contribution in [0.25, 0.3) is 5.69 Å². The van der Waals surface area contributed by atoms with Crippen molar-refractivity contribution < 1.29 is 14.6 Å². The molecule has 1 saturated heterocycles. The quantitative estimate of drug-likeness (QED) is 0.384. The third kappa shape index (κ3) is 6.45. The number of ether oxygens (including phenoxy) is 1. The number of aromatic nitrogens is 3. The summed E-state index contributed by atoms with van der Waals surface area (Å²) in [5.74, 6) is 0.585. The summed E-state index contributed by atoms with van der Waals surface area (Å²) in [5.41, 5.74) is 2.14. The summed E-state index contributed by atoms with van der Waals surface area (Å²) in [5, 5.41) is 22.5. The van der Waals surface area contributed by atoms with Gasteiger partial charge in [0.2, 0.25) is 0 Å². The Morgan fingerprint density at radius 3 is 2.74 bits per heavy atom. The van der Waals surface area contributed by atoms with E-state index in [0.29, 0.717) is 50.0 Å². The summed E-state index contributed by atoms with van der Waals surface area (Å²) in [7, 11) is 1.70. The van der Waals surface area contributed by atoms with Crippen LogP contribution in [-0.2, 0) is 11.2 Å². The molecule has 0 bridgehead atoms. The largest absolute Gasteiger partial charge is 0.512 e. The van der Waals surface area contributed by atoms with Gasteiger partial charge in [-0.1, -0.05) is 37.3 Å². The van der Waals surface area contributed by atoms with Crippen molar-refractivity contribution >= 4 is 5.91 Å². The average molecular weight is 470 g/mol. The molecule has 0 aliphatic carbocycles. The van der Waals surface area contributed by atoms with Gasteiger partial charge in [0.05, 0.1) is 17.1 Å². The van der Waals surface area contributed by atoms with Gasteiger partial charge < -0.3 is 20.1 Å². The van der Waals surface area contributed by atoms with Crippen LogP contribution in [-0.4, -0.2) is 70.3 Å². The molecule has 2 atom stereocenters. The number of para-hydroxylation sites is 1. The first-order chi connectivity index (χ1) is 16.5. The summed E-state index contributed by atoms with van der Waals surface area (Å²) >= 11 is 0. The fraction of sp³-hybridized carbons (Fsp3) is 0.577. The molecule has 34 heavy (non-hydrogen) atoms. The van der Waals surface area contributed by atoms with Gasteiger partial charge in [0, 0.05) is 45.3 Å². The highest BCUT2D eigenvalue weighted by molar-refractivity contribution is 5.93. The molecule has 2 N–H and O–H groups in total. The maximum atomic E-state index is 14.0. The average Bonchev–Trinajstić information content (AvgIpc) is 3.28. The third-order valence-electron chi connectivity index (χ3n) is 6.28. The number of carbonyl (C=O) groups excluding carboxylic acids is 1. The molecule has 8 nitrogen and oxygen atoms in total. The van der Waals surface area contributed by atoms with Gasteiger partial charge in [0.15, 0.2) is 5.69 Å². The van der Waals surface area contributed by atoms with E-state index in [0.717, 1.165) is 30.6 Å². The Hall–Kier alpha value is -2.71. The van der Waals surface area contributed by atoms with Crippen molar-refractivity contribution in [2.45, 2.75) is 52.5 Å². The lowest BCUT2D eigenvalue weighted by molar-refractivity contribution is 0.0577. The Morgan fingerprint density at radius 2 is 2.06 bits per heavy atom. The Morgan fingerprint density at radius 1 is 1.29 bits per heavy atom. The number of nitrogens with one attached hydrogen (secondary N) is 1. The van der Waals surface area contributed by atoms with Gasteiger partial charge in [-0.3, -0.25) is 4.79 Å². The molecule has 0 spiro atoms. The van der Waals surface area contributed by atoms with Crippen LogP contribution in [0.15, 0.2) is 42.2 Å². The first kappa shape index (κ1) is 25.9. The van der Waals surface area contributed by atoms with Crippen molar-refractivity contribution in [2.75, 3.05) is 33.4 Å². The molecule has 1 fully saturated rings. The summed E-state index contributed by atoms with van der Waals surface area (Å²) in [6.07, 6.45) is 4.93. The predicted molar refractivity (Wildman–Crippen MR) is 133 cm³/mol. The molecular weight excluding hydrogens is 430 g/mol. The van der Waals surface area contributed by atoms with Crippen molar-refractivity contribution in [3.05, 3.63) is 53.6 Å². The third-order valence-corrected chi connectivity index (χ3v) is 6.28. The van der Waals surface area contributed by atoms with Crippen molar-refractivity contribution in [3.63, 3.8) is 0 Å². The van der Waals surface area contributed by atoms with Gasteiger partial charge in [-0.15, -0.1) is 5.10 Å². The molecule has 3 rings (SSSR count). The topological polar surface area (TPSA) is 92.5 Å². The molecule has 1 aromatic carbocycles. The molecule has 0 unspecified atom stereocenters. The molecule has 0 radical (unpaired) electrons. The Kier molecular flexibility index (Phi) is 9.65. The van der Waals surface area contributed by atoms with Crippen molar-refractivity contribution in [3.8, 4) is 5.69 Å². The van der Waals surface area contributed by atoms with Crippen LogP contribution in [0.2, 0.25) is 0 Å². The van der Waals surface area contributed by atoms with E-state index in [2.05, 4.69) is 29.5 Å². The normalized spacial score (nSPS) is 18.9. The van der Waals surface area contributed by atoms with E-state index in [-0.39, 0.29) is 17.9 Å². The van der Waals surface area contributed by atoms with Crippen LogP contribution in [0.3, 0.4) is 0 Å². The van der Waals surface area contributed by atoms with E-state index in [9.17, 15) is 9.90 Å². The SMILES string of the molecule is C/C=C(\O)[C@H]1CNC[C@@H](N(CC(C)C)C(=O)c2nnn(-c3ccccc3)c2CCCCOC)C1. The van der Waals surface area contributed by atoms with Crippen molar-refractivity contribution in [1.29, 1.82) is 0 Å². The minimum absolute atomic E-state index is 0.000252. The van der Waals surface area contributed by atoms with Gasteiger partial charge in [-0.2, -0.15) is 0 Å². The standard InChI is InChI=1S/C26H39N5O3/c1-5-24(32)20-15-22(17-27-16-20)30(18-19(2)3)26(33)25-23(13-9-10-14-34-4)31(29-28-25)21-11-7-6-8-12-21/h5-8,11-12,19-20,22,27,32H,9-10,13-18H2,1-4H3/b24-5-/t20-,22+/m1/s1. The second-order valence-electron chi connectivity index (χ2n) is 9.39. The molecule has 2 aromatic rings. The van der Waals surface area contributed by atoms with E-state index in [1.807, 2.05) is 42.2 Å². The maximum Gasteiger partial charge on any atom is 0.276 e. The number of aliphatic hydroxyl groups excluding tert-OH is 1. The number of carbonyl (C=O) groups is 1. The minimum atomic E-state index is -0.0926. The predicted octanol–water partition coefficient (Wildman–Crippen LogP) is 3.77. The van der Waals surface area contributed by atoms with Gasteiger partial charge in [0.1, 0.15) is 0 Å². The summed E-state index contributed by atoms with van der Waals surface area (Å²) in [6.45, 7) is 8.78. The van der Waals surface area contributed by atoms with Crippen LogP contribution in [0.1, 0.15) is 56.2 Å². The number of rotatable bonds is 11. The number of hydrogen-bond donors (Lipinski definition) is 2. The van der Waals surface area contributed by atoms with Crippen molar-refractivity contribution in [2.24, 2.45) is 11.8 Å². The van der Waals surface area contributed by atoms with E-state index >= 15 is 0 Å². The molecule has 1 aliphatic rings. The Labute approximate surface area is 203 Å². The van der Waals surface area contributed by atoms with Crippen molar-refractivity contribution in [1.82, 2.24) is 25.2 Å². The monoisotopic (exact) mass is 469 g/mol. The lowest BCUT2D eigenvalue weighted by Gasteiger charge is -2.38. The van der Waals surface area contributed by atoms with Crippen LogP contribution in [0.5, 0.6) is 0 Å². The lowest BCUT2D eigenvalue weighted by atomic mass is 9.92. The smallest absolute Gasteiger partial charge is 0.276 e. The van der Waals surface area contributed by atoms with E-state index < -0.39 is 0 Å². The maximum absolute atomic E-state index is 14.0. The zero-order valence-corrected chi connectivity index (χ0v) is 20.9. The minimum Gasteiger partial charge on any atom is -0.512 e. The number of aliphatic hydroxyl groups is 1. The highest BCUT2D eigenvalue weighted by atomic mass is 16.5. The van der Waals surface area contributed by atoms with E-state index in [1.165, 1.54) is 0 Å². The molecule has 1 aliphatic heterocycles. The molecule has 186 valence electrons. The molecule has 2 heterocycles. The first-order valence-electron chi connectivity index (χ1n) is 12.3. The number of nitrogens with zero attached hydrogens (tertiary/aromatic N) is 4. The van der Waals surface area contributed by atoms with Crippen LogP contribution in [0, 0.1) is 11.8 Å². The molecule has 0 saturated carbocycles. The van der Waals surface area contributed by atoms with E-state index in [4.69, 9.17) is 4.74 Å². The lowest BCUT2D eigenvalue weighted by Crippen LogP contribution is -2.52. The number of benzene rings is 1. The number of methoxy groups -OCH3 is 1. The van der Waals surface area contributed by atoms with Crippen LogP contribution >= 0.6 is 0 Å². The van der Waals surface area contributed by atoms with Crippen LogP contribution in [0.4, 0.5) is 0 Å². The number of amides is 1. The van der Waals surface area contributed by atoms with Gasteiger partial charge in [-0.25, -0.2) is 4.68 Å². The zero-order chi connectivity index (χ0) is 24.5. The number of allylic oxidation sites excluding steroid dienone is 1. The molecular formula is C26H39N5O3. The fourth-order valence-corrected chi connectivity index (χ4v) is 4.55. The zero-order valence-electron chi connectivity index (χ0n) is 20.9. The number of unbranched alkanes of at least 4 members (excludes halogenated alkanes) is 1. The van der Waals surface area contributed by atoms with Crippen LogP contribution < -0.4 is 5.32 Å². The molecule has 8 heteroatoms. The second kappa shape index (κ2) is 12.7. The summed E-state index contributed by atoms with van der Waals surface area (Å²) in [6, 6.07) is 9.80. The summed E-state index contributed by atoms with van der Waals surface area (Å²) in [4.78, 5) is 15.9. The van der Waals surface area contributed by atoms with Gasteiger partial charge in [-0.05, 0) is 56.7 Å². The first-order valence-corrected chi connectivity index (χ1v) is 12.3. The van der Waals surface area contributed by atoms with Gasteiger partial charge in [0.25, 0.3) is 5.91 Å². The Bertz CT molecular complexity index is 941. The summed E-state index contributed by atoms with van der Waals surface area (Å²) < 4.78 is 7.00. The van der Waals surface area contributed by atoms with Gasteiger partial charge >= 0.3 is 0 Å². The highest BCUT2D eigenvalue weighted by Gasteiger charge is 2.34. The van der Waals surface area contributed by atoms with E-state index in [1.54, 1.807) is 17.9 Å². The fourth-order valence-electron chi connectivity index (χ4n) is 4.55. The number of piperidine rings is 1. The molecule has 1 aromatic heterocycles. The molecule has 1 amide bonds. The second-order valence-corrected chi connectivity index (χ2v) is 9.39. The number of hydrogen-bond acceptors (Lipinski definition) is 6. The highest BCUT2D eigenvalue weighted by Crippen LogP contribution is 2.25.